The molecule has 2 N–H and O–H groups in total. The van der Waals surface area contributed by atoms with Crippen molar-refractivity contribution in [3.05, 3.63) is 53.8 Å². The summed E-state index contributed by atoms with van der Waals surface area (Å²) in [6.07, 6.45) is 2.66. The van der Waals surface area contributed by atoms with E-state index in [1.807, 2.05) is 0 Å². The number of carbonyl (C=O) groups is 2. The molecule has 148 valence electrons. The number of anilines is 1. The van der Waals surface area contributed by atoms with Gasteiger partial charge in [-0.2, -0.15) is 0 Å². The van der Waals surface area contributed by atoms with Gasteiger partial charge in [-0.05, 0) is 49.1 Å². The number of nitrogens with one attached hydrogen (secondary N) is 2. The molecule has 1 heterocycles. The number of unbranched alkanes of at least 4 members (excludes halogenated alkanes) is 1. The van der Waals surface area contributed by atoms with E-state index in [9.17, 15) is 14.0 Å². The van der Waals surface area contributed by atoms with Crippen LogP contribution in [0.2, 0.25) is 0 Å². The van der Waals surface area contributed by atoms with Crippen molar-refractivity contribution < 1.29 is 23.5 Å². The number of hydrogen-bond donors (Lipinski definition) is 2. The fourth-order valence-electron chi connectivity index (χ4n) is 2.86. The van der Waals surface area contributed by atoms with Gasteiger partial charge in [0, 0.05) is 18.2 Å². The summed E-state index contributed by atoms with van der Waals surface area (Å²) in [7, 11) is 0. The summed E-state index contributed by atoms with van der Waals surface area (Å²) in [6.45, 7) is 0.890. The molecule has 1 aliphatic heterocycles. The fraction of sp³-hybridized carbons (Fsp3) is 0.333. The number of ether oxygens (including phenoxy) is 2. The van der Waals surface area contributed by atoms with Gasteiger partial charge in [0.1, 0.15) is 19.0 Å². The van der Waals surface area contributed by atoms with Crippen LogP contribution in [0.3, 0.4) is 0 Å². The van der Waals surface area contributed by atoms with Gasteiger partial charge in [-0.25, -0.2) is 4.39 Å². The highest BCUT2D eigenvalue weighted by atomic mass is 19.1. The number of amides is 2. The van der Waals surface area contributed by atoms with Crippen LogP contribution in [0.15, 0.2) is 42.5 Å². The first-order valence-corrected chi connectivity index (χ1v) is 9.31. The largest absolute Gasteiger partial charge is 0.486 e. The van der Waals surface area contributed by atoms with E-state index in [0.29, 0.717) is 43.2 Å². The van der Waals surface area contributed by atoms with Crippen molar-refractivity contribution in [2.45, 2.75) is 25.7 Å². The van der Waals surface area contributed by atoms with Gasteiger partial charge in [-0.3, -0.25) is 9.59 Å². The summed E-state index contributed by atoms with van der Waals surface area (Å²) in [5, 5.41) is 5.34. The highest BCUT2D eigenvalue weighted by Gasteiger charge is 2.13. The number of carbonyl (C=O) groups excluding carboxylic acids is 2. The number of halogens is 1. The van der Waals surface area contributed by atoms with Crippen molar-refractivity contribution in [2.24, 2.45) is 0 Å². The normalized spacial score (nSPS) is 12.3. The van der Waals surface area contributed by atoms with Crippen molar-refractivity contribution in [1.82, 2.24) is 5.32 Å². The molecule has 0 unspecified atom stereocenters. The van der Waals surface area contributed by atoms with Crippen molar-refractivity contribution in [2.75, 3.05) is 25.1 Å². The Morgan fingerprint density at radius 1 is 0.929 bits per heavy atom. The Hall–Kier alpha value is -3.09. The highest BCUT2D eigenvalue weighted by molar-refractivity contribution is 5.94. The number of fused-ring (bicyclic) bond motifs is 1. The third-order valence-electron chi connectivity index (χ3n) is 4.30. The standard InChI is InChI=1S/C21H23FN2O4/c22-16-7-5-15(6-8-16)3-1-2-4-20(25)23-14-21(26)24-17-9-10-18-19(13-17)28-12-11-27-18/h5-10,13H,1-4,11-12,14H2,(H,23,25)(H,24,26). The Morgan fingerprint density at radius 3 is 2.46 bits per heavy atom. The zero-order chi connectivity index (χ0) is 19.8. The third kappa shape index (κ3) is 5.97. The summed E-state index contributed by atoms with van der Waals surface area (Å²) in [6, 6.07) is 11.5. The van der Waals surface area contributed by atoms with Crippen molar-refractivity contribution in [1.29, 1.82) is 0 Å². The van der Waals surface area contributed by atoms with Gasteiger partial charge in [0.2, 0.25) is 11.8 Å². The number of aryl methyl sites for hydroxylation is 1. The maximum atomic E-state index is 12.8. The quantitative estimate of drug-likeness (QED) is 0.684. The molecule has 0 fully saturated rings. The molecule has 0 spiro atoms. The minimum absolute atomic E-state index is 0.0920. The van der Waals surface area contributed by atoms with Crippen LogP contribution in [-0.2, 0) is 16.0 Å². The molecular weight excluding hydrogens is 363 g/mol. The molecular formula is C21H23FN2O4. The molecule has 0 bridgehead atoms. The smallest absolute Gasteiger partial charge is 0.243 e. The molecule has 3 rings (SSSR count). The van der Waals surface area contributed by atoms with Gasteiger partial charge in [0.15, 0.2) is 11.5 Å². The lowest BCUT2D eigenvalue weighted by atomic mass is 10.1. The second kappa shape index (κ2) is 9.73. The van der Waals surface area contributed by atoms with Crippen LogP contribution in [-0.4, -0.2) is 31.6 Å². The molecule has 0 saturated carbocycles. The van der Waals surface area contributed by atoms with E-state index in [4.69, 9.17) is 9.47 Å². The fourth-order valence-corrected chi connectivity index (χ4v) is 2.86. The van der Waals surface area contributed by atoms with E-state index in [0.717, 1.165) is 18.4 Å². The molecule has 2 amide bonds. The van der Waals surface area contributed by atoms with Crippen LogP contribution in [0.5, 0.6) is 11.5 Å². The number of benzene rings is 2. The van der Waals surface area contributed by atoms with Gasteiger partial charge in [-0.15, -0.1) is 0 Å². The lowest BCUT2D eigenvalue weighted by Crippen LogP contribution is -2.32. The van der Waals surface area contributed by atoms with E-state index >= 15 is 0 Å². The SMILES string of the molecule is O=C(CCCCc1ccc(F)cc1)NCC(=O)Nc1ccc2c(c1)OCCO2. The van der Waals surface area contributed by atoms with Gasteiger partial charge in [0.05, 0.1) is 6.54 Å². The molecule has 0 aliphatic carbocycles. The van der Waals surface area contributed by atoms with Crippen LogP contribution >= 0.6 is 0 Å². The topological polar surface area (TPSA) is 76.7 Å². The van der Waals surface area contributed by atoms with E-state index in [1.165, 1.54) is 12.1 Å². The summed E-state index contributed by atoms with van der Waals surface area (Å²) < 4.78 is 23.7. The second-order valence-corrected chi connectivity index (χ2v) is 6.52. The van der Waals surface area contributed by atoms with Crippen LogP contribution in [0.4, 0.5) is 10.1 Å². The third-order valence-corrected chi connectivity index (χ3v) is 4.30. The molecule has 7 heteroatoms. The molecule has 0 saturated heterocycles. The van der Waals surface area contributed by atoms with Gasteiger partial charge in [0.25, 0.3) is 0 Å². The number of hydrogen-bond acceptors (Lipinski definition) is 4. The highest BCUT2D eigenvalue weighted by Crippen LogP contribution is 2.32. The average molecular weight is 386 g/mol. The summed E-state index contributed by atoms with van der Waals surface area (Å²) in [5.74, 6) is 0.512. The van der Waals surface area contributed by atoms with Crippen molar-refractivity contribution in [3.8, 4) is 11.5 Å². The zero-order valence-corrected chi connectivity index (χ0v) is 15.5. The molecule has 0 atom stereocenters. The first-order chi connectivity index (χ1) is 13.6. The maximum Gasteiger partial charge on any atom is 0.243 e. The predicted octanol–water partition coefficient (Wildman–Crippen LogP) is 3.06. The molecule has 6 nitrogen and oxygen atoms in total. The summed E-state index contributed by atoms with van der Waals surface area (Å²) in [5.41, 5.74) is 1.63. The monoisotopic (exact) mass is 386 g/mol. The maximum absolute atomic E-state index is 12.8. The Morgan fingerprint density at radius 2 is 1.68 bits per heavy atom. The van der Waals surface area contributed by atoms with Crippen LogP contribution in [0.25, 0.3) is 0 Å². The van der Waals surface area contributed by atoms with Gasteiger partial charge in [-0.1, -0.05) is 12.1 Å². The van der Waals surface area contributed by atoms with E-state index in [-0.39, 0.29) is 24.2 Å². The van der Waals surface area contributed by atoms with Crippen LogP contribution in [0, 0.1) is 5.82 Å². The minimum atomic E-state index is -0.309. The Labute approximate surface area is 163 Å². The predicted molar refractivity (Wildman–Crippen MR) is 103 cm³/mol. The molecule has 1 aliphatic rings. The van der Waals surface area contributed by atoms with Gasteiger partial charge >= 0.3 is 0 Å². The summed E-state index contributed by atoms with van der Waals surface area (Å²) >= 11 is 0. The van der Waals surface area contributed by atoms with Crippen LogP contribution in [0.1, 0.15) is 24.8 Å². The molecule has 2 aromatic rings. The lowest BCUT2D eigenvalue weighted by Gasteiger charge is -2.19. The summed E-state index contributed by atoms with van der Waals surface area (Å²) in [4.78, 5) is 23.9. The lowest BCUT2D eigenvalue weighted by molar-refractivity contribution is -0.124. The van der Waals surface area contributed by atoms with Crippen LogP contribution < -0.4 is 20.1 Å². The van der Waals surface area contributed by atoms with Gasteiger partial charge < -0.3 is 20.1 Å². The Bertz CT molecular complexity index is 824. The Balaban J connectivity index is 1.32. The van der Waals surface area contributed by atoms with E-state index in [1.54, 1.807) is 30.3 Å². The molecule has 2 aromatic carbocycles. The first-order valence-electron chi connectivity index (χ1n) is 9.31. The van der Waals surface area contributed by atoms with Crippen molar-refractivity contribution in [3.63, 3.8) is 0 Å². The zero-order valence-electron chi connectivity index (χ0n) is 15.5. The van der Waals surface area contributed by atoms with E-state index in [2.05, 4.69) is 10.6 Å². The molecule has 0 radical (unpaired) electrons. The minimum Gasteiger partial charge on any atom is -0.486 e. The Kier molecular flexibility index (Phi) is 6.84. The number of rotatable bonds is 8. The second-order valence-electron chi connectivity index (χ2n) is 6.52. The van der Waals surface area contributed by atoms with Crippen molar-refractivity contribution >= 4 is 17.5 Å². The molecule has 0 aromatic heterocycles. The molecule has 28 heavy (non-hydrogen) atoms. The van der Waals surface area contributed by atoms with E-state index < -0.39 is 0 Å². The average Bonchev–Trinajstić information content (AvgIpc) is 2.71. The first kappa shape index (κ1) is 19.7.